The number of benzene rings is 3. The molecule has 8 heteroatoms. The van der Waals surface area contributed by atoms with E-state index in [0.717, 1.165) is 33.8 Å². The molecule has 0 aliphatic carbocycles. The first kappa shape index (κ1) is 20.4. The van der Waals surface area contributed by atoms with E-state index >= 15 is 0 Å². The van der Waals surface area contributed by atoms with Gasteiger partial charge < -0.3 is 9.67 Å². The third-order valence-corrected chi connectivity index (χ3v) is 6.91. The van der Waals surface area contributed by atoms with Crippen molar-refractivity contribution in [2.75, 3.05) is 0 Å². The third kappa shape index (κ3) is 3.23. The van der Waals surface area contributed by atoms with E-state index in [1.807, 2.05) is 28.8 Å². The molecule has 0 saturated heterocycles. The number of aliphatic carboxylic acids is 1. The molecule has 1 aliphatic rings. The average Bonchev–Trinajstić information content (AvgIpc) is 3.17. The summed E-state index contributed by atoms with van der Waals surface area (Å²) in [6.07, 6.45) is 0. The molecule has 1 atom stereocenters. The molecule has 0 radical (unpaired) electrons. The summed E-state index contributed by atoms with van der Waals surface area (Å²) < 4.78 is 4.02. The smallest absolute Gasteiger partial charge is 0.328 e. The molecule has 0 bridgehead atoms. The van der Waals surface area contributed by atoms with Crippen molar-refractivity contribution in [2.24, 2.45) is 0 Å². The van der Waals surface area contributed by atoms with Crippen LogP contribution in [0.2, 0.25) is 0 Å². The number of hydrogen-bond acceptors (Lipinski definition) is 3. The number of carbonyl (C=O) groups excluding carboxylic acids is 2. The van der Waals surface area contributed by atoms with Crippen LogP contribution in [0.3, 0.4) is 0 Å². The van der Waals surface area contributed by atoms with Gasteiger partial charge in [0.05, 0.1) is 17.7 Å². The average molecular weight is 636 g/mol. The second kappa shape index (κ2) is 7.59. The highest BCUT2D eigenvalue weighted by Crippen LogP contribution is 2.33. The fraction of sp³-hybridized carbons (Fsp3) is 0.0870. The number of hydrogen-bond donors (Lipinski definition) is 1. The van der Waals surface area contributed by atoms with Gasteiger partial charge in [-0.3, -0.25) is 14.5 Å². The van der Waals surface area contributed by atoms with Gasteiger partial charge in [0.2, 0.25) is 0 Å². The number of halogens is 2. The lowest BCUT2D eigenvalue weighted by Gasteiger charge is -2.24. The summed E-state index contributed by atoms with van der Waals surface area (Å²) in [6.45, 7) is -0.0397. The molecule has 6 nitrogen and oxygen atoms in total. The van der Waals surface area contributed by atoms with Gasteiger partial charge in [0.25, 0.3) is 11.8 Å². The maximum absolute atomic E-state index is 12.9. The van der Waals surface area contributed by atoms with Crippen LogP contribution in [0.1, 0.15) is 20.7 Å². The monoisotopic (exact) mass is 636 g/mol. The Morgan fingerprint density at radius 3 is 1.77 bits per heavy atom. The van der Waals surface area contributed by atoms with Gasteiger partial charge in [-0.15, -0.1) is 0 Å². The zero-order valence-corrected chi connectivity index (χ0v) is 20.2. The summed E-state index contributed by atoms with van der Waals surface area (Å²) in [6, 6.07) is 17.0. The predicted octanol–water partition coefficient (Wildman–Crippen LogP) is 4.75. The van der Waals surface area contributed by atoms with Crippen LogP contribution in [-0.4, -0.2) is 38.4 Å². The van der Waals surface area contributed by atoms with Crippen LogP contribution in [-0.2, 0) is 11.3 Å². The maximum atomic E-state index is 12.9. The van der Waals surface area contributed by atoms with Gasteiger partial charge >= 0.3 is 5.97 Å². The Bertz CT molecular complexity index is 1330. The Balaban J connectivity index is 1.66. The minimum Gasteiger partial charge on any atom is -0.480 e. The summed E-state index contributed by atoms with van der Waals surface area (Å²) in [5.41, 5.74) is 2.20. The summed E-state index contributed by atoms with van der Waals surface area (Å²) in [5, 5.41) is 12.0. The molecule has 1 N–H and O–H groups in total. The normalized spacial score (nSPS) is 14.5. The van der Waals surface area contributed by atoms with Crippen molar-refractivity contribution >= 4 is 84.8 Å². The molecular weight excluding hydrogens is 622 g/mol. The number of nitrogens with zero attached hydrogens (tertiary/aromatic N) is 2. The van der Waals surface area contributed by atoms with Crippen LogP contribution in [0.15, 0.2) is 60.7 Å². The molecule has 0 fully saturated rings. The lowest BCUT2D eigenvalue weighted by molar-refractivity contribution is -0.142. The quantitative estimate of drug-likeness (QED) is 0.259. The molecule has 31 heavy (non-hydrogen) atoms. The highest BCUT2D eigenvalue weighted by Gasteiger charge is 2.43. The molecule has 5 rings (SSSR count). The van der Waals surface area contributed by atoms with Gasteiger partial charge in [0, 0.05) is 28.9 Å². The number of carboxylic acids is 1. The van der Waals surface area contributed by atoms with Crippen LogP contribution in [0, 0.1) is 7.14 Å². The van der Waals surface area contributed by atoms with Crippen molar-refractivity contribution in [3.8, 4) is 0 Å². The van der Waals surface area contributed by atoms with Crippen LogP contribution in [0.25, 0.3) is 21.8 Å². The highest BCUT2D eigenvalue weighted by molar-refractivity contribution is 14.1. The Morgan fingerprint density at radius 2 is 1.32 bits per heavy atom. The zero-order valence-electron chi connectivity index (χ0n) is 15.9. The third-order valence-electron chi connectivity index (χ3n) is 5.57. The first-order valence-corrected chi connectivity index (χ1v) is 11.6. The Labute approximate surface area is 204 Å². The van der Waals surface area contributed by atoms with E-state index < -0.39 is 23.8 Å². The number of fused-ring (bicyclic) bond motifs is 4. The Hall–Kier alpha value is -2.47. The number of rotatable bonds is 4. The molecule has 2 heterocycles. The highest BCUT2D eigenvalue weighted by atomic mass is 127. The van der Waals surface area contributed by atoms with Gasteiger partial charge in [-0.05, 0) is 93.7 Å². The van der Waals surface area contributed by atoms with Crippen LogP contribution < -0.4 is 0 Å². The lowest BCUT2D eigenvalue weighted by atomic mass is 10.1. The largest absolute Gasteiger partial charge is 0.480 e. The first-order valence-electron chi connectivity index (χ1n) is 9.43. The van der Waals surface area contributed by atoms with E-state index in [1.54, 1.807) is 24.3 Å². The van der Waals surface area contributed by atoms with Gasteiger partial charge in [0.1, 0.15) is 0 Å². The van der Waals surface area contributed by atoms with E-state index in [4.69, 9.17) is 0 Å². The minimum atomic E-state index is -1.33. The molecule has 2 amide bonds. The molecule has 154 valence electrons. The van der Waals surface area contributed by atoms with E-state index in [1.165, 1.54) is 0 Å². The fourth-order valence-corrected chi connectivity index (χ4v) is 5.16. The first-order chi connectivity index (χ1) is 14.9. The van der Waals surface area contributed by atoms with Crippen molar-refractivity contribution in [1.29, 1.82) is 0 Å². The minimum absolute atomic E-state index is 0.0397. The molecule has 1 aromatic heterocycles. The molecule has 1 unspecified atom stereocenters. The van der Waals surface area contributed by atoms with E-state index in [0.29, 0.717) is 0 Å². The van der Waals surface area contributed by atoms with Gasteiger partial charge in [-0.25, -0.2) is 4.79 Å². The van der Waals surface area contributed by atoms with E-state index in [9.17, 15) is 19.5 Å². The molecular formula is C23H14I2N2O4. The van der Waals surface area contributed by atoms with Crippen molar-refractivity contribution in [1.82, 2.24) is 9.47 Å². The molecule has 3 aromatic carbocycles. The second-order valence-corrected chi connectivity index (χ2v) is 9.80. The van der Waals surface area contributed by atoms with Gasteiger partial charge in [0.15, 0.2) is 6.04 Å². The van der Waals surface area contributed by atoms with Gasteiger partial charge in [-0.2, -0.15) is 0 Å². The van der Waals surface area contributed by atoms with E-state index in [2.05, 4.69) is 57.3 Å². The Kier molecular flexibility index (Phi) is 5.00. The number of imide groups is 1. The predicted molar refractivity (Wildman–Crippen MR) is 133 cm³/mol. The van der Waals surface area contributed by atoms with Crippen LogP contribution in [0.4, 0.5) is 0 Å². The lowest BCUT2D eigenvalue weighted by Crippen LogP contribution is -2.47. The molecule has 0 saturated carbocycles. The number of carbonyl (C=O) groups is 3. The van der Waals surface area contributed by atoms with Crippen molar-refractivity contribution in [3.05, 3.63) is 78.9 Å². The zero-order chi connectivity index (χ0) is 21.9. The van der Waals surface area contributed by atoms with Crippen LogP contribution in [0.5, 0.6) is 0 Å². The number of carboxylic acid groups (broad SMARTS) is 1. The second-order valence-electron chi connectivity index (χ2n) is 7.31. The number of aromatic nitrogens is 1. The molecule has 0 spiro atoms. The van der Waals surface area contributed by atoms with Crippen LogP contribution >= 0.6 is 45.2 Å². The summed E-state index contributed by atoms with van der Waals surface area (Å²) in [7, 11) is 0. The van der Waals surface area contributed by atoms with E-state index in [-0.39, 0.29) is 17.7 Å². The van der Waals surface area contributed by atoms with Crippen molar-refractivity contribution < 1.29 is 19.5 Å². The topological polar surface area (TPSA) is 79.6 Å². The Morgan fingerprint density at radius 1 is 0.839 bits per heavy atom. The summed E-state index contributed by atoms with van der Waals surface area (Å²) in [4.78, 5) is 39.0. The number of amides is 2. The molecule has 4 aromatic rings. The standard InChI is InChI=1S/C23H14I2N2O4/c24-12-5-7-18-16(9-12)17-10-13(25)6-8-19(17)26(18)11-20(23(30)31)27-21(28)14-3-1-2-4-15(14)22(27)29/h1-10,20H,11H2,(H,30,31). The van der Waals surface area contributed by atoms with Crippen molar-refractivity contribution in [3.63, 3.8) is 0 Å². The maximum Gasteiger partial charge on any atom is 0.328 e. The molecule has 1 aliphatic heterocycles. The SMILES string of the molecule is O=C(O)C(Cn1c2ccc(I)cc2c2cc(I)ccc21)N1C(=O)c2ccccc2C1=O. The fourth-order valence-electron chi connectivity index (χ4n) is 4.18. The van der Waals surface area contributed by atoms with Gasteiger partial charge in [-0.1, -0.05) is 12.1 Å². The van der Waals surface area contributed by atoms with Crippen molar-refractivity contribution in [2.45, 2.75) is 12.6 Å². The summed E-state index contributed by atoms with van der Waals surface area (Å²) in [5.74, 6) is -2.36. The summed E-state index contributed by atoms with van der Waals surface area (Å²) >= 11 is 4.50.